The van der Waals surface area contributed by atoms with Crippen molar-refractivity contribution in [2.75, 3.05) is 20.2 Å². The molecule has 1 aromatic carbocycles. The van der Waals surface area contributed by atoms with Crippen LogP contribution < -0.4 is 0 Å². The number of ether oxygens (including phenoxy) is 1. The lowest BCUT2D eigenvalue weighted by Gasteiger charge is -2.37. The number of thioether (sulfide) groups is 1. The molecule has 158 valence electrons. The Morgan fingerprint density at radius 3 is 2.67 bits per heavy atom. The summed E-state index contributed by atoms with van der Waals surface area (Å²) in [6, 6.07) is 6.96. The van der Waals surface area contributed by atoms with Crippen molar-refractivity contribution in [2.45, 2.75) is 38.6 Å². The van der Waals surface area contributed by atoms with E-state index in [4.69, 9.17) is 16.3 Å². The number of amidine groups is 1. The monoisotopic (exact) mass is 445 g/mol. The van der Waals surface area contributed by atoms with Crippen LogP contribution in [0.5, 0.6) is 0 Å². The van der Waals surface area contributed by atoms with Gasteiger partial charge < -0.3 is 14.5 Å². The van der Waals surface area contributed by atoms with Crippen LogP contribution in [0, 0.1) is 0 Å². The molecule has 1 amide bonds. The maximum atomic E-state index is 13.0. The molecule has 0 unspecified atom stereocenters. The van der Waals surface area contributed by atoms with E-state index in [0.717, 1.165) is 42.4 Å². The average molecular weight is 446 g/mol. The Hall–Kier alpha value is -2.25. The summed E-state index contributed by atoms with van der Waals surface area (Å²) in [5, 5.41) is 3.25. The van der Waals surface area contributed by atoms with Gasteiger partial charge in [-0.25, -0.2) is 9.79 Å². The van der Waals surface area contributed by atoms with Gasteiger partial charge in [-0.3, -0.25) is 4.79 Å². The summed E-state index contributed by atoms with van der Waals surface area (Å²) < 4.78 is 5.07. The van der Waals surface area contributed by atoms with Gasteiger partial charge in [-0.1, -0.05) is 41.6 Å². The van der Waals surface area contributed by atoms with Crippen LogP contribution in [-0.4, -0.2) is 47.0 Å². The van der Waals surface area contributed by atoms with Gasteiger partial charge in [0.15, 0.2) is 5.17 Å². The summed E-state index contributed by atoms with van der Waals surface area (Å²) in [6.45, 7) is 3.42. The predicted molar refractivity (Wildman–Crippen MR) is 119 cm³/mol. The Morgan fingerprint density at radius 1 is 1.23 bits per heavy atom. The van der Waals surface area contributed by atoms with Crippen LogP contribution in [0.1, 0.15) is 44.2 Å². The molecule has 3 heterocycles. The highest BCUT2D eigenvalue weighted by Crippen LogP contribution is 2.46. The minimum Gasteiger partial charge on any atom is -0.466 e. The summed E-state index contributed by atoms with van der Waals surface area (Å²) in [4.78, 5) is 34.2. The first-order valence-electron chi connectivity index (χ1n) is 10.1. The molecule has 0 saturated carbocycles. The quantitative estimate of drug-likeness (QED) is 0.639. The molecule has 1 saturated heterocycles. The third kappa shape index (κ3) is 3.88. The molecule has 1 aromatic rings. The molecule has 8 heteroatoms. The molecule has 1 atom stereocenters. The number of methoxy groups -OCH3 is 1. The number of esters is 1. The SMILES string of the molecule is COC(=O)C1=C(C)N=C2SC=C(CC(=O)N3CCCCC3)N2[C@@H]1c1ccccc1Cl. The molecular formula is C22H24ClN3O3S. The van der Waals surface area contributed by atoms with Gasteiger partial charge in [-0.05, 0) is 43.2 Å². The summed E-state index contributed by atoms with van der Waals surface area (Å²) in [5.74, 6) is -0.342. The van der Waals surface area contributed by atoms with E-state index in [1.807, 2.05) is 33.4 Å². The second-order valence-corrected chi connectivity index (χ2v) is 8.77. The van der Waals surface area contributed by atoms with Crippen molar-refractivity contribution in [1.29, 1.82) is 0 Å². The van der Waals surface area contributed by atoms with E-state index in [2.05, 4.69) is 4.99 Å². The Labute approximate surface area is 185 Å². The number of piperidine rings is 1. The molecule has 0 aliphatic carbocycles. The number of allylic oxidation sites excluding steroid dienone is 1. The second-order valence-electron chi connectivity index (χ2n) is 7.52. The highest BCUT2D eigenvalue weighted by Gasteiger charge is 2.42. The normalized spacial score (nSPS) is 21.2. The van der Waals surface area contributed by atoms with Gasteiger partial charge in [0.25, 0.3) is 0 Å². The maximum Gasteiger partial charge on any atom is 0.338 e. The topological polar surface area (TPSA) is 62.2 Å². The molecule has 1 fully saturated rings. The van der Waals surface area contributed by atoms with E-state index in [1.165, 1.54) is 25.3 Å². The van der Waals surface area contributed by atoms with E-state index in [0.29, 0.717) is 16.3 Å². The molecule has 0 N–H and O–H groups in total. The van der Waals surface area contributed by atoms with Crippen LogP contribution in [0.15, 0.2) is 51.6 Å². The number of fused-ring (bicyclic) bond motifs is 1. The number of nitrogens with zero attached hydrogens (tertiary/aromatic N) is 3. The van der Waals surface area contributed by atoms with Gasteiger partial charge >= 0.3 is 5.97 Å². The number of carbonyl (C=O) groups excluding carboxylic acids is 2. The zero-order chi connectivity index (χ0) is 21.3. The van der Waals surface area contributed by atoms with E-state index in [9.17, 15) is 9.59 Å². The first-order valence-corrected chi connectivity index (χ1v) is 11.3. The Bertz CT molecular complexity index is 966. The van der Waals surface area contributed by atoms with E-state index in [1.54, 1.807) is 13.0 Å². The fourth-order valence-electron chi connectivity index (χ4n) is 4.14. The van der Waals surface area contributed by atoms with Crippen LogP contribution in [0.2, 0.25) is 5.02 Å². The Balaban J connectivity index is 1.71. The van der Waals surface area contributed by atoms with E-state index in [-0.39, 0.29) is 12.3 Å². The number of likely N-dealkylation sites (tertiary alicyclic amines) is 1. The maximum absolute atomic E-state index is 13.0. The Morgan fingerprint density at radius 2 is 1.97 bits per heavy atom. The number of hydrogen-bond acceptors (Lipinski definition) is 6. The highest BCUT2D eigenvalue weighted by molar-refractivity contribution is 8.16. The molecule has 3 aliphatic heterocycles. The second kappa shape index (κ2) is 8.86. The number of benzene rings is 1. The highest BCUT2D eigenvalue weighted by atomic mass is 35.5. The zero-order valence-electron chi connectivity index (χ0n) is 17.1. The standard InChI is InChI=1S/C22H24ClN3O3S/c1-14-19(21(28)29-2)20(16-8-4-5-9-17(16)23)26-15(13-30-22(26)24-14)12-18(27)25-10-6-3-7-11-25/h4-5,8-9,13,20H,3,6-7,10-12H2,1-2H3/t20-/m1/s1. The first kappa shape index (κ1) is 21.0. The van der Waals surface area contributed by atoms with Crippen molar-refractivity contribution in [3.05, 3.63) is 57.2 Å². The fraction of sp³-hybridized carbons (Fsp3) is 0.409. The van der Waals surface area contributed by atoms with Crippen molar-refractivity contribution in [3.63, 3.8) is 0 Å². The Kier molecular flexibility index (Phi) is 6.20. The summed E-state index contributed by atoms with van der Waals surface area (Å²) in [7, 11) is 1.36. The van der Waals surface area contributed by atoms with Crippen LogP contribution in [-0.2, 0) is 14.3 Å². The molecule has 4 rings (SSSR count). The number of hydrogen-bond donors (Lipinski definition) is 0. The van der Waals surface area contributed by atoms with Gasteiger partial charge in [-0.2, -0.15) is 0 Å². The minimum atomic E-state index is -0.492. The van der Waals surface area contributed by atoms with Gasteiger partial charge in [-0.15, -0.1) is 0 Å². The third-order valence-electron chi connectivity index (χ3n) is 5.65. The van der Waals surface area contributed by atoms with Gasteiger partial charge in [0.05, 0.1) is 30.8 Å². The lowest BCUT2D eigenvalue weighted by Crippen LogP contribution is -2.40. The summed E-state index contributed by atoms with van der Waals surface area (Å²) >= 11 is 8.01. The van der Waals surface area contributed by atoms with Crippen LogP contribution in [0.4, 0.5) is 0 Å². The van der Waals surface area contributed by atoms with E-state index >= 15 is 0 Å². The summed E-state index contributed by atoms with van der Waals surface area (Å²) in [6.07, 6.45) is 3.53. The molecule has 0 radical (unpaired) electrons. The van der Waals surface area contributed by atoms with Crippen molar-refractivity contribution in [1.82, 2.24) is 9.80 Å². The van der Waals surface area contributed by atoms with Gasteiger partial charge in [0.2, 0.25) is 5.91 Å². The predicted octanol–water partition coefficient (Wildman–Crippen LogP) is 4.49. The zero-order valence-corrected chi connectivity index (χ0v) is 18.6. The van der Waals surface area contributed by atoms with Crippen molar-refractivity contribution in [2.24, 2.45) is 4.99 Å². The minimum absolute atomic E-state index is 0.103. The van der Waals surface area contributed by atoms with Crippen molar-refractivity contribution in [3.8, 4) is 0 Å². The molecule has 0 bridgehead atoms. The number of rotatable bonds is 4. The largest absolute Gasteiger partial charge is 0.466 e. The molecule has 3 aliphatic rings. The smallest absolute Gasteiger partial charge is 0.338 e. The molecular weight excluding hydrogens is 422 g/mol. The van der Waals surface area contributed by atoms with Crippen molar-refractivity contribution < 1.29 is 14.3 Å². The molecule has 0 spiro atoms. The van der Waals surface area contributed by atoms with Crippen LogP contribution in [0.25, 0.3) is 0 Å². The summed E-state index contributed by atoms with van der Waals surface area (Å²) in [5.41, 5.74) is 2.65. The van der Waals surface area contributed by atoms with Gasteiger partial charge in [0, 0.05) is 23.8 Å². The first-order chi connectivity index (χ1) is 14.5. The molecule has 30 heavy (non-hydrogen) atoms. The molecule has 0 aromatic heterocycles. The average Bonchev–Trinajstić information content (AvgIpc) is 3.15. The van der Waals surface area contributed by atoms with Crippen molar-refractivity contribution >= 4 is 40.4 Å². The fourth-order valence-corrected chi connectivity index (χ4v) is 5.35. The molecule has 6 nitrogen and oxygen atoms in total. The van der Waals surface area contributed by atoms with Gasteiger partial charge in [0.1, 0.15) is 0 Å². The number of aliphatic imine (C=N–C) groups is 1. The lowest BCUT2D eigenvalue weighted by atomic mass is 9.93. The van der Waals surface area contributed by atoms with E-state index < -0.39 is 12.0 Å². The third-order valence-corrected chi connectivity index (χ3v) is 6.88. The van der Waals surface area contributed by atoms with Crippen LogP contribution in [0.3, 0.4) is 0 Å². The number of halogens is 1. The number of amides is 1. The lowest BCUT2D eigenvalue weighted by molar-refractivity contribution is -0.136. The van der Waals surface area contributed by atoms with Crippen LogP contribution >= 0.6 is 23.4 Å². The number of carbonyl (C=O) groups is 2.